The topological polar surface area (TPSA) is 38.7 Å². The molecule has 0 saturated carbocycles. The van der Waals surface area contributed by atoms with Crippen molar-refractivity contribution in [1.82, 2.24) is 0 Å². The van der Waals surface area contributed by atoms with Gasteiger partial charge in [-0.05, 0) is 35.0 Å². The fourth-order valence-corrected chi connectivity index (χ4v) is 1.53. The Kier molecular flexibility index (Phi) is 2.37. The third-order valence-electron chi connectivity index (χ3n) is 2.35. The van der Waals surface area contributed by atoms with E-state index >= 15 is 0 Å². The number of phenolic OH excluding ortho intramolecular Hbond substituents is 1. The first-order chi connectivity index (χ1) is 7.24. The second-order valence-corrected chi connectivity index (χ2v) is 3.24. The van der Waals surface area contributed by atoms with Crippen molar-refractivity contribution in [3.63, 3.8) is 0 Å². The van der Waals surface area contributed by atoms with Gasteiger partial charge in [0.15, 0.2) is 11.5 Å². The average molecular weight is 204 g/mol. The predicted octanol–water partition coefficient (Wildman–Crippen LogP) is 2.56. The lowest BCUT2D eigenvalue weighted by Crippen LogP contribution is -1.85. The van der Waals surface area contributed by atoms with E-state index in [-0.39, 0.29) is 5.75 Å². The number of ether oxygens (including phenoxy) is 2. The monoisotopic (exact) mass is 204 g/mol. The maximum atomic E-state index is 9.58. The van der Waals surface area contributed by atoms with E-state index in [1.807, 2.05) is 18.2 Å². The molecule has 0 aliphatic carbocycles. The highest BCUT2D eigenvalue weighted by Crippen LogP contribution is 2.32. The van der Waals surface area contributed by atoms with E-state index in [4.69, 9.17) is 9.47 Å². The van der Waals surface area contributed by atoms with Gasteiger partial charge in [0.05, 0.1) is 14.2 Å². The summed E-state index contributed by atoms with van der Waals surface area (Å²) in [5.41, 5.74) is 0. The molecule has 3 nitrogen and oxygen atoms in total. The molecule has 0 aliphatic heterocycles. The maximum Gasteiger partial charge on any atom is 0.161 e. The fourth-order valence-electron chi connectivity index (χ4n) is 1.53. The molecule has 2 rings (SSSR count). The Labute approximate surface area is 87.9 Å². The number of fused-ring (bicyclic) bond motifs is 1. The standard InChI is InChI=1S/C12H12O3/c1-14-10-4-3-8-6-11(13)12(15-2)7-9(8)5-10/h3-7,13H,1-2H3. The second-order valence-electron chi connectivity index (χ2n) is 3.24. The third kappa shape index (κ3) is 1.68. The van der Waals surface area contributed by atoms with Gasteiger partial charge in [0.25, 0.3) is 0 Å². The van der Waals surface area contributed by atoms with Gasteiger partial charge in [-0.2, -0.15) is 0 Å². The van der Waals surface area contributed by atoms with Gasteiger partial charge in [-0.25, -0.2) is 0 Å². The summed E-state index contributed by atoms with van der Waals surface area (Å²) in [4.78, 5) is 0. The van der Waals surface area contributed by atoms with E-state index in [9.17, 15) is 5.11 Å². The molecule has 0 heterocycles. The molecule has 0 bridgehead atoms. The third-order valence-corrected chi connectivity index (χ3v) is 2.35. The molecule has 0 atom stereocenters. The summed E-state index contributed by atoms with van der Waals surface area (Å²) in [6.45, 7) is 0. The first kappa shape index (κ1) is 9.65. The molecule has 0 unspecified atom stereocenters. The van der Waals surface area contributed by atoms with E-state index in [2.05, 4.69) is 0 Å². The van der Waals surface area contributed by atoms with Crippen LogP contribution in [0.3, 0.4) is 0 Å². The Balaban J connectivity index is 2.66. The number of rotatable bonds is 2. The number of methoxy groups -OCH3 is 2. The molecule has 15 heavy (non-hydrogen) atoms. The van der Waals surface area contributed by atoms with Crippen LogP contribution in [0.5, 0.6) is 17.2 Å². The molecule has 1 N–H and O–H groups in total. The average Bonchev–Trinajstić information content (AvgIpc) is 2.27. The molecule has 78 valence electrons. The van der Waals surface area contributed by atoms with E-state index in [1.54, 1.807) is 19.2 Å². The van der Waals surface area contributed by atoms with Crippen molar-refractivity contribution in [3.8, 4) is 17.2 Å². The Morgan fingerprint density at radius 1 is 0.933 bits per heavy atom. The fraction of sp³-hybridized carbons (Fsp3) is 0.167. The molecule has 0 fully saturated rings. The van der Waals surface area contributed by atoms with Crippen LogP contribution in [0.4, 0.5) is 0 Å². The first-order valence-electron chi connectivity index (χ1n) is 4.59. The van der Waals surface area contributed by atoms with Gasteiger partial charge in [0, 0.05) is 0 Å². The normalized spacial score (nSPS) is 10.3. The van der Waals surface area contributed by atoms with Gasteiger partial charge in [-0.3, -0.25) is 0 Å². The quantitative estimate of drug-likeness (QED) is 0.817. The van der Waals surface area contributed by atoms with Gasteiger partial charge in [0.1, 0.15) is 5.75 Å². The van der Waals surface area contributed by atoms with Crippen LogP contribution < -0.4 is 9.47 Å². The molecule has 0 saturated heterocycles. The van der Waals surface area contributed by atoms with Crippen molar-refractivity contribution < 1.29 is 14.6 Å². The Bertz CT molecular complexity index is 491. The molecule has 3 heteroatoms. The van der Waals surface area contributed by atoms with Gasteiger partial charge in [-0.1, -0.05) is 6.07 Å². The Morgan fingerprint density at radius 2 is 1.73 bits per heavy atom. The van der Waals surface area contributed by atoms with Crippen molar-refractivity contribution in [3.05, 3.63) is 30.3 Å². The summed E-state index contributed by atoms with van der Waals surface area (Å²) in [5.74, 6) is 1.40. The second kappa shape index (κ2) is 3.69. The Morgan fingerprint density at radius 3 is 2.40 bits per heavy atom. The number of hydrogen-bond donors (Lipinski definition) is 1. The summed E-state index contributed by atoms with van der Waals surface area (Å²) in [7, 11) is 3.15. The van der Waals surface area contributed by atoms with Crippen LogP contribution in [0.1, 0.15) is 0 Å². The number of benzene rings is 2. The lowest BCUT2D eigenvalue weighted by atomic mass is 10.1. The molecule has 0 radical (unpaired) electrons. The van der Waals surface area contributed by atoms with Crippen molar-refractivity contribution in [2.45, 2.75) is 0 Å². The number of aromatic hydroxyl groups is 1. The van der Waals surface area contributed by atoms with Crippen LogP contribution in [-0.4, -0.2) is 19.3 Å². The van der Waals surface area contributed by atoms with Crippen molar-refractivity contribution in [1.29, 1.82) is 0 Å². The van der Waals surface area contributed by atoms with Crippen molar-refractivity contribution >= 4 is 10.8 Å². The molecule has 2 aromatic carbocycles. The zero-order valence-corrected chi connectivity index (χ0v) is 8.65. The molecular weight excluding hydrogens is 192 g/mol. The molecular formula is C12H12O3. The molecule has 0 amide bonds. The van der Waals surface area contributed by atoms with Crippen LogP contribution in [0, 0.1) is 0 Å². The van der Waals surface area contributed by atoms with Crippen LogP contribution in [0.2, 0.25) is 0 Å². The SMILES string of the molecule is COc1ccc2cc(O)c(OC)cc2c1. The van der Waals surface area contributed by atoms with Gasteiger partial charge in [0.2, 0.25) is 0 Å². The van der Waals surface area contributed by atoms with E-state index in [0.717, 1.165) is 16.5 Å². The largest absolute Gasteiger partial charge is 0.504 e. The van der Waals surface area contributed by atoms with E-state index < -0.39 is 0 Å². The smallest absolute Gasteiger partial charge is 0.161 e. The van der Waals surface area contributed by atoms with Crippen LogP contribution in [-0.2, 0) is 0 Å². The molecule has 0 aromatic heterocycles. The van der Waals surface area contributed by atoms with Crippen molar-refractivity contribution in [2.24, 2.45) is 0 Å². The van der Waals surface area contributed by atoms with Crippen LogP contribution in [0.15, 0.2) is 30.3 Å². The zero-order valence-electron chi connectivity index (χ0n) is 8.65. The lowest BCUT2D eigenvalue weighted by Gasteiger charge is -2.06. The predicted molar refractivity (Wildman–Crippen MR) is 58.7 cm³/mol. The highest BCUT2D eigenvalue weighted by Gasteiger charge is 2.04. The van der Waals surface area contributed by atoms with E-state index in [0.29, 0.717) is 5.75 Å². The summed E-state index contributed by atoms with van der Waals surface area (Å²) in [6, 6.07) is 9.11. The molecule has 0 aliphatic rings. The van der Waals surface area contributed by atoms with E-state index in [1.165, 1.54) is 7.11 Å². The minimum absolute atomic E-state index is 0.148. The van der Waals surface area contributed by atoms with Crippen LogP contribution in [0.25, 0.3) is 10.8 Å². The number of hydrogen-bond acceptors (Lipinski definition) is 3. The van der Waals surface area contributed by atoms with Gasteiger partial charge in [-0.15, -0.1) is 0 Å². The van der Waals surface area contributed by atoms with Crippen molar-refractivity contribution in [2.75, 3.05) is 14.2 Å². The summed E-state index contributed by atoms with van der Waals surface area (Å²) < 4.78 is 10.2. The van der Waals surface area contributed by atoms with Crippen LogP contribution >= 0.6 is 0 Å². The molecule has 2 aromatic rings. The van der Waals surface area contributed by atoms with Gasteiger partial charge < -0.3 is 14.6 Å². The first-order valence-corrected chi connectivity index (χ1v) is 4.59. The minimum atomic E-state index is 0.148. The highest BCUT2D eigenvalue weighted by atomic mass is 16.5. The minimum Gasteiger partial charge on any atom is -0.504 e. The summed E-state index contributed by atoms with van der Waals surface area (Å²) in [5, 5.41) is 11.5. The number of phenols is 1. The zero-order chi connectivity index (χ0) is 10.8. The highest BCUT2D eigenvalue weighted by molar-refractivity contribution is 5.87. The van der Waals surface area contributed by atoms with Gasteiger partial charge >= 0.3 is 0 Å². The summed E-state index contributed by atoms with van der Waals surface area (Å²) >= 11 is 0. The lowest BCUT2D eigenvalue weighted by molar-refractivity contribution is 0.374. The summed E-state index contributed by atoms with van der Waals surface area (Å²) in [6.07, 6.45) is 0. The molecule has 0 spiro atoms. The maximum absolute atomic E-state index is 9.58. The Hall–Kier alpha value is -1.90.